The Labute approximate surface area is 163 Å². The summed E-state index contributed by atoms with van der Waals surface area (Å²) in [6.07, 6.45) is 5.44. The number of fused-ring (bicyclic) bond motifs is 3. The van der Waals surface area contributed by atoms with E-state index in [1.807, 2.05) is 42.1 Å². The summed E-state index contributed by atoms with van der Waals surface area (Å²) in [5.41, 5.74) is 3.37. The molecule has 0 radical (unpaired) electrons. The highest BCUT2D eigenvalue weighted by atomic mass is 16.5. The molecule has 0 amide bonds. The fraction of sp³-hybridized carbons (Fsp3) is 0.333. The normalized spacial score (nSPS) is 13.7. The van der Waals surface area contributed by atoms with Crippen molar-refractivity contribution in [2.45, 2.75) is 40.3 Å². The highest BCUT2D eigenvalue weighted by Gasteiger charge is 2.21. The van der Waals surface area contributed by atoms with Crippen LogP contribution in [0.25, 0.3) is 29.0 Å². The number of rotatable bonds is 4. The van der Waals surface area contributed by atoms with Crippen LogP contribution in [0.15, 0.2) is 36.3 Å². The number of Topliss-reactive ketones (excluding diaryl/α,β-unsaturated/α-hetero) is 1. The maximum atomic E-state index is 11.5. The number of allylic oxidation sites excluding steroid dienone is 1. The van der Waals surface area contributed by atoms with Gasteiger partial charge in [0, 0.05) is 12.2 Å². The molecule has 28 heavy (non-hydrogen) atoms. The van der Waals surface area contributed by atoms with Gasteiger partial charge in [-0.05, 0) is 57.0 Å². The van der Waals surface area contributed by atoms with Crippen LogP contribution in [0, 0.1) is 0 Å². The van der Waals surface area contributed by atoms with Crippen molar-refractivity contribution in [2.75, 3.05) is 6.61 Å². The molecule has 7 nitrogen and oxygen atoms in total. The van der Waals surface area contributed by atoms with Gasteiger partial charge in [0.15, 0.2) is 11.6 Å². The van der Waals surface area contributed by atoms with Gasteiger partial charge >= 0.3 is 0 Å². The molecule has 3 heterocycles. The van der Waals surface area contributed by atoms with Crippen molar-refractivity contribution in [1.29, 1.82) is 0 Å². The van der Waals surface area contributed by atoms with Crippen LogP contribution in [0.5, 0.6) is 5.75 Å². The van der Waals surface area contributed by atoms with Crippen LogP contribution < -0.4 is 4.74 Å². The van der Waals surface area contributed by atoms with E-state index in [-0.39, 0.29) is 11.8 Å². The molecule has 0 atom stereocenters. The van der Waals surface area contributed by atoms with Crippen molar-refractivity contribution in [2.24, 2.45) is 0 Å². The van der Waals surface area contributed by atoms with Gasteiger partial charge in [-0.2, -0.15) is 5.10 Å². The number of aromatic nitrogens is 5. The van der Waals surface area contributed by atoms with Crippen molar-refractivity contribution in [1.82, 2.24) is 24.3 Å². The Morgan fingerprint density at radius 2 is 2.07 bits per heavy atom. The number of imidazole rings is 1. The number of hydrogen-bond donors (Lipinski definition) is 0. The first-order valence-corrected chi connectivity index (χ1v) is 9.37. The van der Waals surface area contributed by atoms with Crippen LogP contribution in [-0.4, -0.2) is 36.7 Å². The van der Waals surface area contributed by atoms with Gasteiger partial charge in [0.1, 0.15) is 30.2 Å². The first-order chi connectivity index (χ1) is 13.4. The lowest BCUT2D eigenvalue weighted by Gasteiger charge is -2.08. The minimum absolute atomic E-state index is 0.0605. The number of carbonyl (C=O) groups excluding carboxylic acids is 1. The van der Waals surface area contributed by atoms with E-state index in [1.54, 1.807) is 13.3 Å². The molecular formula is C21H23N5O2. The summed E-state index contributed by atoms with van der Waals surface area (Å²) >= 11 is 0. The Bertz CT molecular complexity index is 1070. The average Bonchev–Trinajstić information content (AvgIpc) is 3.26. The molecule has 1 aromatic carbocycles. The molecule has 1 aliphatic rings. The zero-order valence-corrected chi connectivity index (χ0v) is 16.5. The minimum Gasteiger partial charge on any atom is -0.491 e. The topological polar surface area (TPSA) is 74.8 Å². The SMILES string of the molecule is CC(=O)/C(C)=C/c1ccc2c(c1)OCCn1cc(-c3ncnn3C(C)C)nc1-2. The molecule has 0 spiro atoms. The second-order valence-electron chi connectivity index (χ2n) is 7.25. The average molecular weight is 377 g/mol. The fourth-order valence-corrected chi connectivity index (χ4v) is 3.26. The molecule has 2 aromatic heterocycles. The highest BCUT2D eigenvalue weighted by Crippen LogP contribution is 2.35. The van der Waals surface area contributed by atoms with Crippen molar-refractivity contribution >= 4 is 11.9 Å². The molecule has 1 aliphatic heterocycles. The molecule has 3 aromatic rings. The van der Waals surface area contributed by atoms with Gasteiger partial charge in [0.2, 0.25) is 0 Å². The fourth-order valence-electron chi connectivity index (χ4n) is 3.26. The molecule has 0 fully saturated rings. The zero-order chi connectivity index (χ0) is 19.8. The number of ketones is 1. The first kappa shape index (κ1) is 18.2. The van der Waals surface area contributed by atoms with Crippen LogP contribution in [0.4, 0.5) is 0 Å². The van der Waals surface area contributed by atoms with Gasteiger partial charge in [0.05, 0.1) is 12.1 Å². The Hall–Kier alpha value is -3.22. The summed E-state index contributed by atoms with van der Waals surface area (Å²) in [4.78, 5) is 20.8. The molecule has 0 aliphatic carbocycles. The van der Waals surface area contributed by atoms with E-state index in [4.69, 9.17) is 9.72 Å². The van der Waals surface area contributed by atoms with Crippen LogP contribution in [0.1, 0.15) is 39.3 Å². The minimum atomic E-state index is 0.0605. The van der Waals surface area contributed by atoms with E-state index in [9.17, 15) is 4.79 Å². The molecule has 144 valence electrons. The summed E-state index contributed by atoms with van der Waals surface area (Å²) in [7, 11) is 0. The van der Waals surface area contributed by atoms with Gasteiger partial charge in [-0.15, -0.1) is 0 Å². The number of hydrogen-bond acceptors (Lipinski definition) is 5. The molecule has 0 N–H and O–H groups in total. The molecule has 7 heteroatoms. The van der Waals surface area contributed by atoms with Crippen molar-refractivity contribution in [3.05, 3.63) is 41.9 Å². The summed E-state index contributed by atoms with van der Waals surface area (Å²) in [6, 6.07) is 6.14. The van der Waals surface area contributed by atoms with E-state index in [0.29, 0.717) is 18.7 Å². The lowest BCUT2D eigenvalue weighted by molar-refractivity contribution is -0.113. The van der Waals surface area contributed by atoms with E-state index in [2.05, 4.69) is 28.5 Å². The maximum absolute atomic E-state index is 11.5. The van der Waals surface area contributed by atoms with Crippen molar-refractivity contribution < 1.29 is 9.53 Å². The maximum Gasteiger partial charge on any atom is 0.178 e. The quantitative estimate of drug-likeness (QED) is 0.647. The summed E-state index contributed by atoms with van der Waals surface area (Å²) < 4.78 is 9.92. The number of carbonyl (C=O) groups is 1. The Morgan fingerprint density at radius 3 is 2.82 bits per heavy atom. The molecule has 0 saturated carbocycles. The predicted octanol–water partition coefficient (Wildman–Crippen LogP) is 3.77. The number of ether oxygens (including phenoxy) is 1. The van der Waals surface area contributed by atoms with Gasteiger partial charge < -0.3 is 9.30 Å². The van der Waals surface area contributed by atoms with Crippen LogP contribution in [0.3, 0.4) is 0 Å². The summed E-state index contributed by atoms with van der Waals surface area (Å²) in [5.74, 6) is 2.44. The smallest absolute Gasteiger partial charge is 0.178 e. The summed E-state index contributed by atoms with van der Waals surface area (Å²) in [5, 5.41) is 4.31. The second-order valence-corrected chi connectivity index (χ2v) is 7.25. The number of nitrogens with zero attached hydrogens (tertiary/aromatic N) is 5. The molecule has 0 bridgehead atoms. The predicted molar refractivity (Wildman–Crippen MR) is 107 cm³/mol. The van der Waals surface area contributed by atoms with E-state index in [1.165, 1.54) is 0 Å². The van der Waals surface area contributed by atoms with Crippen molar-refractivity contribution in [3.63, 3.8) is 0 Å². The third kappa shape index (κ3) is 3.24. The Balaban J connectivity index is 1.77. The zero-order valence-electron chi connectivity index (χ0n) is 16.5. The van der Waals surface area contributed by atoms with Gasteiger partial charge in [-0.3, -0.25) is 4.79 Å². The van der Waals surface area contributed by atoms with Crippen LogP contribution in [0.2, 0.25) is 0 Å². The Kier molecular flexibility index (Phi) is 4.58. The standard InChI is InChI=1S/C21H23N5O2/c1-13(2)26-21(22-12-23-26)18-11-25-7-8-28-19-10-16(9-14(3)15(4)27)5-6-17(19)20(25)24-18/h5-6,9-13H,7-8H2,1-4H3/b14-9+. The molecule has 4 rings (SSSR count). The third-order valence-electron chi connectivity index (χ3n) is 4.84. The molecule has 0 saturated heterocycles. The molecular weight excluding hydrogens is 354 g/mol. The van der Waals surface area contributed by atoms with Crippen LogP contribution >= 0.6 is 0 Å². The highest BCUT2D eigenvalue weighted by molar-refractivity contribution is 5.97. The third-order valence-corrected chi connectivity index (χ3v) is 4.84. The second kappa shape index (κ2) is 7.07. The van der Waals surface area contributed by atoms with E-state index >= 15 is 0 Å². The largest absolute Gasteiger partial charge is 0.491 e. The lowest BCUT2D eigenvalue weighted by Crippen LogP contribution is -2.06. The van der Waals surface area contributed by atoms with Gasteiger partial charge in [0.25, 0.3) is 0 Å². The lowest BCUT2D eigenvalue weighted by atomic mass is 10.1. The number of benzene rings is 1. The first-order valence-electron chi connectivity index (χ1n) is 9.37. The van der Waals surface area contributed by atoms with E-state index < -0.39 is 0 Å². The van der Waals surface area contributed by atoms with E-state index in [0.717, 1.165) is 34.2 Å². The van der Waals surface area contributed by atoms with Gasteiger partial charge in [-0.1, -0.05) is 6.07 Å². The molecule has 0 unspecified atom stereocenters. The van der Waals surface area contributed by atoms with Crippen LogP contribution in [-0.2, 0) is 11.3 Å². The monoisotopic (exact) mass is 377 g/mol. The van der Waals surface area contributed by atoms with Crippen molar-refractivity contribution in [3.8, 4) is 28.7 Å². The van der Waals surface area contributed by atoms with Gasteiger partial charge in [-0.25, -0.2) is 14.6 Å². The Morgan fingerprint density at radius 1 is 1.25 bits per heavy atom. The summed E-state index contributed by atoms with van der Waals surface area (Å²) in [6.45, 7) is 8.77.